The number of anilines is 1. The number of rotatable bonds is 4. The molecule has 0 aromatic heterocycles. The SMILES string of the molecule is FC(F)Sc1ccc(NC2CCc3cc(Cl)ccc32)cc1. The largest absolute Gasteiger partial charge is 0.378 e. The lowest BCUT2D eigenvalue weighted by Gasteiger charge is -2.16. The number of fused-ring (bicyclic) bond motifs is 1. The summed E-state index contributed by atoms with van der Waals surface area (Å²) in [6.07, 6.45) is 2.02. The minimum absolute atomic E-state index is 0.255. The van der Waals surface area contributed by atoms with Gasteiger partial charge < -0.3 is 5.32 Å². The molecule has 5 heteroatoms. The lowest BCUT2D eigenvalue weighted by Crippen LogP contribution is -2.06. The van der Waals surface area contributed by atoms with Crippen molar-refractivity contribution in [3.8, 4) is 0 Å². The van der Waals surface area contributed by atoms with E-state index in [1.54, 1.807) is 12.1 Å². The van der Waals surface area contributed by atoms with E-state index >= 15 is 0 Å². The highest BCUT2D eigenvalue weighted by molar-refractivity contribution is 7.99. The number of alkyl halides is 2. The Balaban J connectivity index is 1.71. The monoisotopic (exact) mass is 325 g/mol. The molecule has 0 saturated heterocycles. The second-order valence-electron chi connectivity index (χ2n) is 4.98. The van der Waals surface area contributed by atoms with Crippen LogP contribution in [0.1, 0.15) is 23.6 Å². The normalized spacial score (nSPS) is 17.0. The van der Waals surface area contributed by atoms with Gasteiger partial charge in [-0.3, -0.25) is 0 Å². The molecule has 0 amide bonds. The topological polar surface area (TPSA) is 12.0 Å². The maximum Gasteiger partial charge on any atom is 0.288 e. The van der Waals surface area contributed by atoms with Gasteiger partial charge in [0.2, 0.25) is 0 Å². The fraction of sp³-hybridized carbons (Fsp3) is 0.250. The molecule has 21 heavy (non-hydrogen) atoms. The second kappa shape index (κ2) is 6.24. The van der Waals surface area contributed by atoms with Crippen LogP contribution in [0.5, 0.6) is 0 Å². The van der Waals surface area contributed by atoms with Gasteiger partial charge in [-0.2, -0.15) is 8.78 Å². The van der Waals surface area contributed by atoms with Crippen LogP contribution in [-0.4, -0.2) is 5.76 Å². The van der Waals surface area contributed by atoms with E-state index in [0.29, 0.717) is 16.7 Å². The molecule has 0 aliphatic heterocycles. The molecule has 0 saturated carbocycles. The van der Waals surface area contributed by atoms with E-state index in [9.17, 15) is 8.78 Å². The van der Waals surface area contributed by atoms with Crippen LogP contribution < -0.4 is 5.32 Å². The van der Waals surface area contributed by atoms with E-state index in [1.165, 1.54) is 11.1 Å². The summed E-state index contributed by atoms with van der Waals surface area (Å²) >= 11 is 6.57. The molecule has 1 aliphatic rings. The summed E-state index contributed by atoms with van der Waals surface area (Å²) in [5.74, 6) is -2.38. The van der Waals surface area contributed by atoms with Crippen molar-refractivity contribution in [2.45, 2.75) is 29.5 Å². The van der Waals surface area contributed by atoms with Crippen LogP contribution in [0.4, 0.5) is 14.5 Å². The summed E-state index contributed by atoms with van der Waals surface area (Å²) < 4.78 is 24.6. The van der Waals surface area contributed by atoms with E-state index in [0.717, 1.165) is 23.6 Å². The predicted octanol–water partition coefficient (Wildman–Crippen LogP) is 5.75. The molecule has 1 aliphatic carbocycles. The minimum Gasteiger partial charge on any atom is -0.378 e. The summed E-state index contributed by atoms with van der Waals surface area (Å²) in [5.41, 5.74) is 3.50. The van der Waals surface area contributed by atoms with Crippen LogP contribution in [0.15, 0.2) is 47.4 Å². The number of aryl methyl sites for hydroxylation is 1. The van der Waals surface area contributed by atoms with Gasteiger partial charge in [0.15, 0.2) is 0 Å². The van der Waals surface area contributed by atoms with Crippen molar-refractivity contribution in [3.05, 3.63) is 58.6 Å². The third-order valence-corrected chi connectivity index (χ3v) is 4.56. The maximum atomic E-state index is 12.3. The van der Waals surface area contributed by atoms with Crippen LogP contribution in [0.2, 0.25) is 5.02 Å². The highest BCUT2D eigenvalue weighted by Crippen LogP contribution is 2.35. The Morgan fingerprint density at radius 2 is 1.90 bits per heavy atom. The fourth-order valence-corrected chi connectivity index (χ4v) is 3.36. The number of hydrogen-bond acceptors (Lipinski definition) is 2. The van der Waals surface area contributed by atoms with Gasteiger partial charge in [-0.15, -0.1) is 0 Å². The van der Waals surface area contributed by atoms with Crippen molar-refractivity contribution in [1.29, 1.82) is 0 Å². The quantitative estimate of drug-likeness (QED) is 0.718. The van der Waals surface area contributed by atoms with E-state index in [1.807, 2.05) is 24.3 Å². The average Bonchev–Trinajstić information content (AvgIpc) is 2.83. The molecule has 1 nitrogen and oxygen atoms in total. The lowest BCUT2D eigenvalue weighted by atomic mass is 10.1. The fourth-order valence-electron chi connectivity index (χ4n) is 2.67. The van der Waals surface area contributed by atoms with Gasteiger partial charge in [-0.25, -0.2) is 0 Å². The van der Waals surface area contributed by atoms with Crippen molar-refractivity contribution in [2.75, 3.05) is 5.32 Å². The standard InChI is InChI=1S/C16H14ClF2NS/c17-11-2-7-14-10(9-11)1-8-15(14)20-12-3-5-13(6-4-12)21-16(18)19/h2-7,9,15-16,20H,1,8H2. The zero-order valence-corrected chi connectivity index (χ0v) is 12.7. The van der Waals surface area contributed by atoms with Crippen molar-refractivity contribution in [1.82, 2.24) is 0 Å². The maximum absolute atomic E-state index is 12.3. The Kier molecular flexibility index (Phi) is 4.36. The third-order valence-electron chi connectivity index (χ3n) is 3.60. The zero-order valence-electron chi connectivity index (χ0n) is 11.2. The van der Waals surface area contributed by atoms with Crippen LogP contribution >= 0.6 is 23.4 Å². The Bertz CT molecular complexity index is 631. The third kappa shape index (κ3) is 3.50. The van der Waals surface area contributed by atoms with Crippen LogP contribution in [0.25, 0.3) is 0 Å². The van der Waals surface area contributed by atoms with Crippen molar-refractivity contribution in [2.24, 2.45) is 0 Å². The van der Waals surface area contributed by atoms with Gasteiger partial charge in [0.1, 0.15) is 0 Å². The molecular formula is C16H14ClF2NS. The summed E-state index contributed by atoms with van der Waals surface area (Å²) in [7, 11) is 0. The van der Waals surface area contributed by atoms with Crippen molar-refractivity contribution in [3.63, 3.8) is 0 Å². The minimum atomic E-state index is -2.38. The Labute approximate surface area is 131 Å². The van der Waals surface area contributed by atoms with E-state index < -0.39 is 5.76 Å². The van der Waals surface area contributed by atoms with E-state index in [-0.39, 0.29) is 6.04 Å². The molecule has 110 valence electrons. The number of thioether (sulfide) groups is 1. The first-order valence-electron chi connectivity index (χ1n) is 6.71. The summed E-state index contributed by atoms with van der Waals surface area (Å²) in [4.78, 5) is 0.578. The molecule has 1 atom stereocenters. The molecule has 0 radical (unpaired) electrons. The Morgan fingerprint density at radius 3 is 2.62 bits per heavy atom. The first-order valence-corrected chi connectivity index (χ1v) is 7.97. The number of halogens is 3. The Hall–Kier alpha value is -1.26. The summed E-state index contributed by atoms with van der Waals surface area (Å²) in [6, 6.07) is 13.4. The summed E-state index contributed by atoms with van der Waals surface area (Å²) in [5, 5.41) is 4.22. The smallest absolute Gasteiger partial charge is 0.288 e. The van der Waals surface area contributed by atoms with Crippen LogP contribution in [0.3, 0.4) is 0 Å². The molecule has 3 rings (SSSR count). The van der Waals surface area contributed by atoms with Gasteiger partial charge >= 0.3 is 0 Å². The summed E-state index contributed by atoms with van der Waals surface area (Å²) in [6.45, 7) is 0. The lowest BCUT2D eigenvalue weighted by molar-refractivity contribution is 0.252. The van der Waals surface area contributed by atoms with Crippen molar-refractivity contribution < 1.29 is 8.78 Å². The van der Waals surface area contributed by atoms with Gasteiger partial charge in [0.25, 0.3) is 5.76 Å². The molecule has 0 spiro atoms. The number of nitrogens with one attached hydrogen (secondary N) is 1. The Morgan fingerprint density at radius 1 is 1.14 bits per heavy atom. The molecule has 0 heterocycles. The molecule has 1 unspecified atom stereocenters. The van der Waals surface area contributed by atoms with Gasteiger partial charge in [0, 0.05) is 15.6 Å². The average molecular weight is 326 g/mol. The predicted molar refractivity (Wildman–Crippen MR) is 84.4 cm³/mol. The van der Waals surface area contributed by atoms with E-state index in [4.69, 9.17) is 11.6 Å². The van der Waals surface area contributed by atoms with Crippen LogP contribution in [-0.2, 0) is 6.42 Å². The molecule has 0 fully saturated rings. The van der Waals surface area contributed by atoms with Gasteiger partial charge in [0.05, 0.1) is 6.04 Å². The zero-order chi connectivity index (χ0) is 14.8. The molecule has 2 aromatic rings. The number of benzene rings is 2. The van der Waals surface area contributed by atoms with Crippen LogP contribution in [0, 0.1) is 0 Å². The highest BCUT2D eigenvalue weighted by atomic mass is 35.5. The van der Waals surface area contributed by atoms with Gasteiger partial charge in [-0.1, -0.05) is 29.4 Å². The molecule has 2 aromatic carbocycles. The van der Waals surface area contributed by atoms with Gasteiger partial charge in [-0.05, 0) is 60.4 Å². The van der Waals surface area contributed by atoms with E-state index in [2.05, 4.69) is 11.4 Å². The molecule has 0 bridgehead atoms. The second-order valence-corrected chi connectivity index (χ2v) is 6.48. The van der Waals surface area contributed by atoms with Crippen molar-refractivity contribution >= 4 is 29.1 Å². The molecule has 1 N–H and O–H groups in total. The number of hydrogen-bond donors (Lipinski definition) is 1. The first-order chi connectivity index (χ1) is 10.1. The molecular weight excluding hydrogens is 312 g/mol. The highest BCUT2D eigenvalue weighted by Gasteiger charge is 2.22. The first kappa shape index (κ1) is 14.7.